The van der Waals surface area contributed by atoms with Gasteiger partial charge >= 0.3 is 6.03 Å². The molecule has 1 saturated carbocycles. The average molecular weight is 450 g/mol. The summed E-state index contributed by atoms with van der Waals surface area (Å²) >= 11 is 0. The van der Waals surface area contributed by atoms with Crippen LogP contribution in [0.1, 0.15) is 24.5 Å². The molecule has 2 amide bonds. The van der Waals surface area contributed by atoms with Crippen LogP contribution in [0.25, 0.3) is 27.7 Å². The molecule has 3 heterocycles. The Balaban J connectivity index is 1.21. The number of aromatic nitrogens is 5. The molecule has 34 heavy (non-hydrogen) atoms. The van der Waals surface area contributed by atoms with Crippen LogP contribution in [0.5, 0.6) is 0 Å². The van der Waals surface area contributed by atoms with E-state index in [4.69, 9.17) is 5.10 Å². The van der Waals surface area contributed by atoms with E-state index in [1.807, 2.05) is 80.1 Å². The number of fused-ring (bicyclic) bond motifs is 1. The van der Waals surface area contributed by atoms with Gasteiger partial charge in [-0.15, -0.1) is 0 Å². The maximum atomic E-state index is 12.8. The third kappa shape index (κ3) is 3.79. The second-order valence-corrected chi connectivity index (χ2v) is 8.52. The van der Waals surface area contributed by atoms with Gasteiger partial charge in [0.25, 0.3) is 0 Å². The lowest BCUT2D eigenvalue weighted by atomic mass is 10.0. The summed E-state index contributed by atoms with van der Waals surface area (Å²) in [5, 5.41) is 16.0. The summed E-state index contributed by atoms with van der Waals surface area (Å²) in [5.41, 5.74) is 5.60. The third-order valence-corrected chi connectivity index (χ3v) is 6.10. The summed E-state index contributed by atoms with van der Waals surface area (Å²) in [6, 6.07) is 19.2. The first-order chi connectivity index (χ1) is 16.7. The molecule has 1 fully saturated rings. The molecular weight excluding hydrogens is 426 g/mol. The number of hydrogen-bond donors (Lipinski definition) is 2. The van der Waals surface area contributed by atoms with E-state index >= 15 is 0 Å². The Hall–Kier alpha value is -4.46. The number of hydrogen-bond acceptors (Lipinski definition) is 4. The van der Waals surface area contributed by atoms with E-state index in [9.17, 15) is 4.79 Å². The Bertz CT molecular complexity index is 1480. The highest BCUT2D eigenvalue weighted by Gasteiger charge is 2.28. The molecule has 2 aromatic carbocycles. The quantitative estimate of drug-likeness (QED) is 0.379. The zero-order valence-electron chi connectivity index (χ0n) is 18.6. The van der Waals surface area contributed by atoms with E-state index in [1.165, 1.54) is 0 Å². The number of anilines is 2. The zero-order chi connectivity index (χ0) is 23.1. The van der Waals surface area contributed by atoms with Gasteiger partial charge in [-0.1, -0.05) is 30.3 Å². The number of carbonyl (C=O) groups is 1. The number of amides is 2. The molecule has 0 radical (unpaired) electrons. The van der Waals surface area contributed by atoms with Crippen molar-refractivity contribution in [2.45, 2.75) is 18.8 Å². The summed E-state index contributed by atoms with van der Waals surface area (Å²) < 4.78 is 3.60. The number of para-hydroxylation sites is 1. The number of nitrogens with zero attached hydrogens (tertiary/aromatic N) is 5. The number of rotatable bonds is 5. The molecule has 0 atom stereocenters. The van der Waals surface area contributed by atoms with Gasteiger partial charge in [-0.3, -0.25) is 15.0 Å². The topological polar surface area (TPSA) is 89.7 Å². The molecule has 1 aliphatic carbocycles. The van der Waals surface area contributed by atoms with Crippen molar-refractivity contribution in [2.75, 3.05) is 10.6 Å². The first-order valence-corrected chi connectivity index (χ1v) is 11.3. The molecule has 5 aromatic rings. The third-order valence-electron chi connectivity index (χ3n) is 6.10. The van der Waals surface area contributed by atoms with E-state index in [0.717, 1.165) is 46.3 Å². The molecule has 6 rings (SSSR count). The molecule has 0 bridgehead atoms. The molecule has 1 aliphatic rings. The lowest BCUT2D eigenvalue weighted by molar-refractivity contribution is 0.262. The Morgan fingerprint density at radius 2 is 1.76 bits per heavy atom. The lowest BCUT2D eigenvalue weighted by Crippen LogP contribution is -2.21. The van der Waals surface area contributed by atoms with Gasteiger partial charge < -0.3 is 5.32 Å². The van der Waals surface area contributed by atoms with Gasteiger partial charge in [0.05, 0.1) is 29.3 Å². The van der Waals surface area contributed by atoms with Crippen molar-refractivity contribution in [3.63, 3.8) is 0 Å². The van der Waals surface area contributed by atoms with Crippen LogP contribution in [-0.2, 0) is 7.05 Å². The van der Waals surface area contributed by atoms with Crippen molar-refractivity contribution >= 4 is 28.4 Å². The Kier molecular flexibility index (Phi) is 4.83. The predicted molar refractivity (Wildman–Crippen MR) is 132 cm³/mol. The van der Waals surface area contributed by atoms with Crippen molar-refractivity contribution in [1.29, 1.82) is 0 Å². The number of nitrogens with one attached hydrogen (secondary N) is 2. The average Bonchev–Trinajstić information content (AvgIpc) is 3.53. The normalized spacial score (nSPS) is 13.2. The molecule has 168 valence electrons. The highest BCUT2D eigenvalue weighted by Crippen LogP contribution is 2.40. The van der Waals surface area contributed by atoms with E-state index in [1.54, 1.807) is 15.6 Å². The van der Waals surface area contributed by atoms with Crippen LogP contribution in [0.15, 0.2) is 79.3 Å². The minimum Gasteiger partial charge on any atom is -0.308 e. The van der Waals surface area contributed by atoms with Crippen LogP contribution in [0.4, 0.5) is 16.3 Å². The van der Waals surface area contributed by atoms with Gasteiger partial charge in [0.2, 0.25) is 0 Å². The van der Waals surface area contributed by atoms with Crippen molar-refractivity contribution in [2.24, 2.45) is 7.05 Å². The molecular formula is C26H23N7O. The second-order valence-electron chi connectivity index (χ2n) is 8.52. The standard InChI is InChI=1S/C26H23N7O/c1-32-24-16-27-14-21(22(24)15-28-32)17-9-11-19(12-10-17)29-26(34)30-25-13-23(18-7-8-18)31-33(25)20-5-3-2-4-6-20/h2-6,9-16,18H,7-8H2,1H3,(H2,29,30,34). The van der Waals surface area contributed by atoms with Gasteiger partial charge in [0, 0.05) is 41.9 Å². The molecule has 0 saturated heterocycles. The van der Waals surface area contributed by atoms with Gasteiger partial charge in [-0.2, -0.15) is 10.2 Å². The SMILES string of the molecule is Cn1ncc2c(-c3ccc(NC(=O)Nc4cc(C5CC5)nn4-c4ccccc4)cc3)cncc21. The Morgan fingerprint density at radius 3 is 2.53 bits per heavy atom. The fourth-order valence-electron chi connectivity index (χ4n) is 4.13. The van der Waals surface area contributed by atoms with Crippen molar-refractivity contribution in [1.82, 2.24) is 24.5 Å². The second kappa shape index (κ2) is 8.15. The number of aryl methyl sites for hydroxylation is 1. The molecule has 0 spiro atoms. The van der Waals surface area contributed by atoms with Gasteiger partial charge in [0.15, 0.2) is 0 Å². The van der Waals surface area contributed by atoms with Crippen molar-refractivity contribution in [3.05, 3.63) is 84.9 Å². The fourth-order valence-corrected chi connectivity index (χ4v) is 4.13. The van der Waals surface area contributed by atoms with Gasteiger partial charge in [0.1, 0.15) is 5.82 Å². The van der Waals surface area contributed by atoms with Crippen molar-refractivity contribution in [3.8, 4) is 16.8 Å². The summed E-state index contributed by atoms with van der Waals surface area (Å²) in [6.07, 6.45) is 7.78. The minimum absolute atomic E-state index is 0.316. The zero-order valence-corrected chi connectivity index (χ0v) is 18.6. The van der Waals surface area contributed by atoms with Crippen LogP contribution in [0.2, 0.25) is 0 Å². The van der Waals surface area contributed by atoms with Crippen LogP contribution in [0, 0.1) is 0 Å². The molecule has 2 N–H and O–H groups in total. The molecule has 0 aliphatic heterocycles. The fraction of sp³-hybridized carbons (Fsp3) is 0.154. The summed E-state index contributed by atoms with van der Waals surface area (Å²) in [4.78, 5) is 17.2. The maximum absolute atomic E-state index is 12.8. The highest BCUT2D eigenvalue weighted by molar-refractivity contribution is 6.00. The Labute approximate surface area is 196 Å². The Morgan fingerprint density at radius 1 is 0.971 bits per heavy atom. The number of urea groups is 1. The summed E-state index contributed by atoms with van der Waals surface area (Å²) in [5.74, 6) is 1.14. The highest BCUT2D eigenvalue weighted by atomic mass is 16.2. The van der Waals surface area contributed by atoms with E-state index in [-0.39, 0.29) is 6.03 Å². The van der Waals surface area contributed by atoms with Crippen molar-refractivity contribution < 1.29 is 4.79 Å². The maximum Gasteiger partial charge on any atom is 0.324 e. The van der Waals surface area contributed by atoms with Gasteiger partial charge in [-0.05, 0) is 42.7 Å². The van der Waals surface area contributed by atoms with Gasteiger partial charge in [-0.25, -0.2) is 9.48 Å². The van der Waals surface area contributed by atoms with E-state index in [2.05, 4.69) is 20.7 Å². The van der Waals surface area contributed by atoms with E-state index < -0.39 is 0 Å². The first kappa shape index (κ1) is 20.2. The molecule has 8 heteroatoms. The smallest absolute Gasteiger partial charge is 0.308 e. The van der Waals surface area contributed by atoms with Crippen LogP contribution in [-0.4, -0.2) is 30.6 Å². The largest absolute Gasteiger partial charge is 0.324 e. The number of benzene rings is 2. The summed E-state index contributed by atoms with van der Waals surface area (Å²) in [7, 11) is 1.90. The molecule has 3 aromatic heterocycles. The first-order valence-electron chi connectivity index (χ1n) is 11.3. The lowest BCUT2D eigenvalue weighted by Gasteiger charge is -2.11. The number of pyridine rings is 1. The summed E-state index contributed by atoms with van der Waals surface area (Å²) in [6.45, 7) is 0. The van der Waals surface area contributed by atoms with Crippen LogP contribution in [0.3, 0.4) is 0 Å². The predicted octanol–water partition coefficient (Wildman–Crippen LogP) is 5.34. The van der Waals surface area contributed by atoms with Crippen LogP contribution < -0.4 is 10.6 Å². The molecule has 0 unspecified atom stereocenters. The molecule has 8 nitrogen and oxygen atoms in total. The van der Waals surface area contributed by atoms with Crippen LogP contribution >= 0.6 is 0 Å². The van der Waals surface area contributed by atoms with E-state index in [0.29, 0.717) is 17.4 Å². The minimum atomic E-state index is -0.316. The number of carbonyl (C=O) groups excluding carboxylic acids is 1. The monoisotopic (exact) mass is 449 g/mol.